The van der Waals surface area contributed by atoms with E-state index >= 15 is 0 Å². The van der Waals surface area contributed by atoms with E-state index in [9.17, 15) is 4.79 Å². The minimum Gasteiger partial charge on any atom is -0.275 e. The predicted molar refractivity (Wildman–Crippen MR) is 45.4 cm³/mol. The van der Waals surface area contributed by atoms with Crippen LogP contribution in [-0.4, -0.2) is 14.4 Å². The third kappa shape index (κ3) is 10.4. The van der Waals surface area contributed by atoms with Gasteiger partial charge in [-0.15, -0.1) is 0 Å². The van der Waals surface area contributed by atoms with Gasteiger partial charge in [-0.05, 0) is 6.07 Å². The Morgan fingerprint density at radius 1 is 1.20 bits per heavy atom. The summed E-state index contributed by atoms with van der Waals surface area (Å²) in [7, 11) is 0. The van der Waals surface area contributed by atoms with Crippen LogP contribution in [0, 0.1) is 0 Å². The summed E-state index contributed by atoms with van der Waals surface area (Å²) in [4.78, 5) is 16.5. The summed E-state index contributed by atoms with van der Waals surface area (Å²) in [6.07, 6.45) is 4.88. The highest BCUT2D eigenvalue weighted by molar-refractivity contribution is 8.23. The minimum atomic E-state index is -0.444. The standard InChI is InChI=1S/C4H4N2.CH2OS2/c1-2-5-4-6-3-1;2-1(3)4/h1-4H;(H2,2,3,4). The van der Waals surface area contributed by atoms with Gasteiger partial charge in [0.2, 0.25) is 4.45 Å². The first kappa shape index (κ1) is 9.45. The number of hydrogen-bond acceptors (Lipinski definition) is 3. The molecule has 1 rings (SSSR count). The van der Waals surface area contributed by atoms with E-state index < -0.39 is 4.45 Å². The molecule has 0 N–H and O–H groups in total. The van der Waals surface area contributed by atoms with Gasteiger partial charge in [-0.25, -0.2) is 9.97 Å². The van der Waals surface area contributed by atoms with Gasteiger partial charge in [-0.3, -0.25) is 4.79 Å². The third-order valence-electron chi connectivity index (χ3n) is 0.478. The molecule has 0 aliphatic heterocycles. The van der Waals surface area contributed by atoms with Crippen molar-refractivity contribution in [3.63, 3.8) is 0 Å². The van der Waals surface area contributed by atoms with Crippen molar-refractivity contribution in [2.75, 3.05) is 0 Å². The van der Waals surface area contributed by atoms with Crippen molar-refractivity contribution >= 4 is 29.7 Å². The van der Waals surface area contributed by atoms with Gasteiger partial charge in [-0.1, -0.05) is 25.3 Å². The largest absolute Gasteiger partial charge is 0.275 e. The molecule has 0 saturated heterocycles. The highest BCUT2D eigenvalue weighted by Gasteiger charge is 1.65. The first-order valence-corrected chi connectivity index (χ1v) is 3.25. The number of aromatic nitrogens is 2. The van der Waals surface area contributed by atoms with Gasteiger partial charge in [0, 0.05) is 12.4 Å². The number of thiol groups is 2. The van der Waals surface area contributed by atoms with Crippen LogP contribution in [0.25, 0.3) is 0 Å². The molecule has 1 aromatic heterocycles. The maximum absolute atomic E-state index is 9.17. The summed E-state index contributed by atoms with van der Waals surface area (Å²) in [6, 6.07) is 1.78. The van der Waals surface area contributed by atoms with Crippen LogP contribution in [-0.2, 0) is 0 Å². The molecule has 1 heterocycles. The van der Waals surface area contributed by atoms with E-state index in [0.717, 1.165) is 0 Å². The summed E-state index contributed by atoms with van der Waals surface area (Å²) >= 11 is 6.38. The third-order valence-corrected chi connectivity index (χ3v) is 0.478. The van der Waals surface area contributed by atoms with Crippen molar-refractivity contribution in [1.82, 2.24) is 9.97 Å². The molecule has 0 saturated carbocycles. The van der Waals surface area contributed by atoms with Crippen LogP contribution in [0.3, 0.4) is 0 Å². The first-order chi connectivity index (χ1) is 4.73. The van der Waals surface area contributed by atoms with Gasteiger partial charge >= 0.3 is 0 Å². The second-order valence-corrected chi connectivity index (χ2v) is 2.35. The van der Waals surface area contributed by atoms with Crippen molar-refractivity contribution in [2.24, 2.45) is 0 Å². The van der Waals surface area contributed by atoms with E-state index in [1.54, 1.807) is 18.5 Å². The van der Waals surface area contributed by atoms with Crippen molar-refractivity contribution in [3.05, 3.63) is 24.8 Å². The second-order valence-electron chi connectivity index (χ2n) is 1.19. The first-order valence-electron chi connectivity index (χ1n) is 2.35. The SMILES string of the molecule is O=C(S)S.c1cncnc1. The quantitative estimate of drug-likeness (QED) is 0.585. The van der Waals surface area contributed by atoms with Gasteiger partial charge in [0.05, 0.1) is 0 Å². The minimum absolute atomic E-state index is 0.444. The number of nitrogens with zero attached hydrogens (tertiary/aromatic N) is 2. The highest BCUT2D eigenvalue weighted by Crippen LogP contribution is 1.81. The van der Waals surface area contributed by atoms with Crippen LogP contribution in [0.2, 0.25) is 0 Å². The zero-order valence-electron chi connectivity index (χ0n) is 5.01. The second kappa shape index (κ2) is 6.57. The molecule has 0 amide bonds. The molecule has 5 heteroatoms. The normalized spacial score (nSPS) is 7.40. The van der Waals surface area contributed by atoms with E-state index in [1.165, 1.54) is 6.33 Å². The maximum Gasteiger partial charge on any atom is 0.239 e. The molecule has 0 aliphatic carbocycles. The lowest BCUT2D eigenvalue weighted by Gasteiger charge is -1.70. The molecule has 0 radical (unpaired) electrons. The van der Waals surface area contributed by atoms with Crippen LogP contribution in [0.5, 0.6) is 0 Å². The van der Waals surface area contributed by atoms with Crippen LogP contribution >= 0.6 is 25.3 Å². The fraction of sp³-hybridized carbons (Fsp3) is 0. The fourth-order valence-corrected chi connectivity index (χ4v) is 0.253. The van der Waals surface area contributed by atoms with Gasteiger partial charge in [0.15, 0.2) is 0 Å². The molecule has 1 aromatic rings. The average molecular weight is 174 g/mol. The number of carbonyl (C=O) groups is 1. The number of rotatable bonds is 0. The summed E-state index contributed by atoms with van der Waals surface area (Å²) < 4.78 is -0.444. The van der Waals surface area contributed by atoms with Crippen LogP contribution < -0.4 is 0 Å². The van der Waals surface area contributed by atoms with Gasteiger partial charge in [0.1, 0.15) is 6.33 Å². The van der Waals surface area contributed by atoms with Crippen molar-refractivity contribution in [3.8, 4) is 0 Å². The van der Waals surface area contributed by atoms with E-state index in [-0.39, 0.29) is 0 Å². The topological polar surface area (TPSA) is 42.9 Å². The Morgan fingerprint density at radius 2 is 1.60 bits per heavy atom. The molecule has 0 atom stereocenters. The Labute approximate surface area is 69.7 Å². The van der Waals surface area contributed by atoms with Crippen molar-refractivity contribution in [1.29, 1.82) is 0 Å². The van der Waals surface area contributed by atoms with E-state index in [2.05, 4.69) is 35.2 Å². The van der Waals surface area contributed by atoms with E-state index in [0.29, 0.717) is 0 Å². The lowest BCUT2D eigenvalue weighted by molar-refractivity contribution is 0.277. The molecule has 0 aliphatic rings. The Bertz CT molecular complexity index is 150. The van der Waals surface area contributed by atoms with Crippen molar-refractivity contribution in [2.45, 2.75) is 0 Å². The molecular formula is C5H6N2OS2. The lowest BCUT2D eigenvalue weighted by atomic mass is 10.7. The maximum atomic E-state index is 9.17. The Kier molecular flexibility index (Phi) is 6.21. The summed E-state index contributed by atoms with van der Waals surface area (Å²) in [6.45, 7) is 0. The van der Waals surface area contributed by atoms with E-state index in [1.807, 2.05) is 0 Å². The van der Waals surface area contributed by atoms with Crippen LogP contribution in [0.1, 0.15) is 0 Å². The molecule has 3 nitrogen and oxygen atoms in total. The molecular weight excluding hydrogens is 168 g/mol. The molecule has 54 valence electrons. The zero-order chi connectivity index (χ0) is 7.82. The smallest absolute Gasteiger partial charge is 0.239 e. The van der Waals surface area contributed by atoms with Crippen LogP contribution in [0.15, 0.2) is 24.8 Å². The molecule has 0 fully saturated rings. The Balaban J connectivity index is 0.000000180. The summed E-state index contributed by atoms with van der Waals surface area (Å²) in [5.41, 5.74) is 0. The van der Waals surface area contributed by atoms with E-state index in [4.69, 9.17) is 0 Å². The molecule has 0 aromatic carbocycles. The van der Waals surface area contributed by atoms with Crippen LogP contribution in [0.4, 0.5) is 4.79 Å². The average Bonchev–Trinajstić information content (AvgIpc) is 1.90. The Hall–Kier alpha value is -0.550. The summed E-state index contributed by atoms with van der Waals surface area (Å²) in [5, 5.41) is 0. The molecule has 0 spiro atoms. The zero-order valence-corrected chi connectivity index (χ0v) is 6.80. The number of hydrogen-bond donors (Lipinski definition) is 2. The fourth-order valence-electron chi connectivity index (χ4n) is 0.253. The van der Waals surface area contributed by atoms with Gasteiger partial charge in [-0.2, -0.15) is 0 Å². The Morgan fingerprint density at radius 3 is 1.70 bits per heavy atom. The summed E-state index contributed by atoms with van der Waals surface area (Å²) in [5.74, 6) is 0. The lowest BCUT2D eigenvalue weighted by Crippen LogP contribution is -1.66. The highest BCUT2D eigenvalue weighted by atomic mass is 32.2. The monoisotopic (exact) mass is 174 g/mol. The molecule has 0 unspecified atom stereocenters. The predicted octanol–water partition coefficient (Wildman–Crippen LogP) is 1.44. The van der Waals surface area contributed by atoms with Gasteiger partial charge < -0.3 is 0 Å². The molecule has 0 bridgehead atoms. The number of carbonyl (C=O) groups excluding carboxylic acids is 1. The van der Waals surface area contributed by atoms with Crippen molar-refractivity contribution < 1.29 is 4.79 Å². The van der Waals surface area contributed by atoms with Gasteiger partial charge in [0.25, 0.3) is 0 Å². The molecule has 10 heavy (non-hydrogen) atoms.